The zero-order chi connectivity index (χ0) is 20.3. The van der Waals surface area contributed by atoms with Crippen LogP contribution in [0.1, 0.15) is 64.4 Å². The van der Waals surface area contributed by atoms with Crippen molar-refractivity contribution in [3.8, 4) is 0 Å². The third kappa shape index (κ3) is 14.8. The Morgan fingerprint density at radius 1 is 0.821 bits per heavy atom. The molecular formula is C26H36O2. The van der Waals surface area contributed by atoms with Crippen molar-refractivity contribution >= 4 is 5.97 Å². The molecule has 0 saturated carbocycles. The van der Waals surface area contributed by atoms with E-state index in [1.54, 1.807) is 0 Å². The first-order valence-electron chi connectivity index (χ1n) is 10.5. The molecule has 1 aromatic carbocycles. The summed E-state index contributed by atoms with van der Waals surface area (Å²) in [6, 6.07) is 10.6. The van der Waals surface area contributed by atoms with Gasteiger partial charge in [-0.15, -0.1) is 0 Å². The number of ether oxygens (including phenoxy) is 1. The van der Waals surface area contributed by atoms with Gasteiger partial charge in [0.15, 0.2) is 0 Å². The highest BCUT2D eigenvalue weighted by molar-refractivity contribution is 5.69. The summed E-state index contributed by atoms with van der Waals surface area (Å²) in [6.07, 6.45) is 25.0. The Hall–Kier alpha value is -2.35. The third-order valence-corrected chi connectivity index (χ3v) is 4.04. The first kappa shape index (κ1) is 23.7. The van der Waals surface area contributed by atoms with E-state index in [9.17, 15) is 4.79 Å². The van der Waals surface area contributed by atoms with Crippen molar-refractivity contribution in [2.24, 2.45) is 0 Å². The van der Waals surface area contributed by atoms with Gasteiger partial charge in [0.1, 0.15) is 0 Å². The fourth-order valence-corrected chi connectivity index (χ4v) is 2.63. The van der Waals surface area contributed by atoms with Gasteiger partial charge in [0.25, 0.3) is 0 Å². The fraction of sp³-hybridized carbons (Fsp3) is 0.423. The standard InChI is InChI=1S/C26H36O2/c1-24(2)28-26(27)23-19-14-12-10-8-6-4-3-5-7-9-11-13-16-20-25-21-17-15-18-22-25/h4-7,10-13,15,17-18,21-22,24H,3,8-9,14,16,19-20,23H2,1-2H3/b6-4+,7-5+,12-10+,13-11+. The molecule has 0 aliphatic heterocycles. The molecule has 0 radical (unpaired) electrons. The predicted molar refractivity (Wildman–Crippen MR) is 120 cm³/mol. The zero-order valence-corrected chi connectivity index (χ0v) is 17.6. The van der Waals surface area contributed by atoms with Crippen LogP contribution in [0, 0.1) is 0 Å². The first-order valence-corrected chi connectivity index (χ1v) is 10.5. The maximum atomic E-state index is 11.4. The molecule has 152 valence electrons. The molecule has 0 heterocycles. The van der Waals surface area contributed by atoms with Crippen LogP contribution in [0.4, 0.5) is 0 Å². The molecule has 28 heavy (non-hydrogen) atoms. The van der Waals surface area contributed by atoms with Crippen LogP contribution >= 0.6 is 0 Å². The van der Waals surface area contributed by atoms with Crippen LogP contribution in [0.15, 0.2) is 78.9 Å². The molecule has 2 heteroatoms. The number of aryl methyl sites for hydroxylation is 1. The van der Waals surface area contributed by atoms with Crippen molar-refractivity contribution in [3.05, 3.63) is 84.5 Å². The van der Waals surface area contributed by atoms with E-state index in [4.69, 9.17) is 4.74 Å². The minimum Gasteiger partial charge on any atom is -0.463 e. The Labute approximate surface area is 171 Å². The van der Waals surface area contributed by atoms with Crippen LogP contribution in [0.25, 0.3) is 0 Å². The van der Waals surface area contributed by atoms with Crippen molar-refractivity contribution in [2.45, 2.75) is 71.3 Å². The molecule has 0 spiro atoms. The number of hydrogen-bond donors (Lipinski definition) is 0. The van der Waals surface area contributed by atoms with Crippen molar-refractivity contribution in [1.29, 1.82) is 0 Å². The molecule has 2 nitrogen and oxygen atoms in total. The van der Waals surface area contributed by atoms with E-state index >= 15 is 0 Å². The van der Waals surface area contributed by atoms with E-state index < -0.39 is 0 Å². The van der Waals surface area contributed by atoms with Gasteiger partial charge in [0, 0.05) is 6.42 Å². The molecule has 0 aliphatic carbocycles. The molecule has 1 aromatic rings. The Bertz CT molecular complexity index is 621. The highest BCUT2D eigenvalue weighted by Gasteiger charge is 2.03. The molecule has 0 aromatic heterocycles. The number of allylic oxidation sites excluding steroid dienone is 8. The van der Waals surface area contributed by atoms with Crippen molar-refractivity contribution in [2.75, 3.05) is 0 Å². The van der Waals surface area contributed by atoms with Crippen molar-refractivity contribution < 1.29 is 9.53 Å². The summed E-state index contributed by atoms with van der Waals surface area (Å²) in [5.41, 5.74) is 1.40. The monoisotopic (exact) mass is 380 g/mol. The molecule has 0 aliphatic rings. The number of rotatable bonds is 14. The second-order valence-electron chi connectivity index (χ2n) is 7.05. The predicted octanol–water partition coefficient (Wildman–Crippen LogP) is 7.14. The summed E-state index contributed by atoms with van der Waals surface area (Å²) in [7, 11) is 0. The fourth-order valence-electron chi connectivity index (χ4n) is 2.63. The smallest absolute Gasteiger partial charge is 0.306 e. The topological polar surface area (TPSA) is 26.3 Å². The summed E-state index contributed by atoms with van der Waals surface area (Å²) in [5.74, 6) is -0.0962. The van der Waals surface area contributed by atoms with Crippen LogP contribution in [-0.2, 0) is 16.0 Å². The average molecular weight is 381 g/mol. The van der Waals surface area contributed by atoms with Gasteiger partial charge in [-0.25, -0.2) is 0 Å². The molecule has 0 bridgehead atoms. The number of esters is 1. The third-order valence-electron chi connectivity index (χ3n) is 4.04. The van der Waals surface area contributed by atoms with Gasteiger partial charge in [0.2, 0.25) is 0 Å². The molecule has 0 fully saturated rings. The van der Waals surface area contributed by atoms with Gasteiger partial charge in [-0.3, -0.25) is 4.79 Å². The summed E-state index contributed by atoms with van der Waals surface area (Å²) >= 11 is 0. The Balaban J connectivity index is 1.95. The minimum atomic E-state index is -0.0962. The van der Waals surface area contributed by atoms with Crippen LogP contribution in [0.3, 0.4) is 0 Å². The largest absolute Gasteiger partial charge is 0.463 e. The maximum absolute atomic E-state index is 11.4. The molecular weight excluding hydrogens is 344 g/mol. The van der Waals surface area contributed by atoms with Crippen molar-refractivity contribution in [3.63, 3.8) is 0 Å². The lowest BCUT2D eigenvalue weighted by atomic mass is 10.1. The number of carbonyl (C=O) groups is 1. The van der Waals surface area contributed by atoms with Crippen LogP contribution < -0.4 is 0 Å². The quantitative estimate of drug-likeness (QED) is 0.195. The molecule has 0 unspecified atom stereocenters. The summed E-state index contributed by atoms with van der Waals surface area (Å²) < 4.78 is 5.10. The highest BCUT2D eigenvalue weighted by atomic mass is 16.5. The van der Waals surface area contributed by atoms with Crippen molar-refractivity contribution in [1.82, 2.24) is 0 Å². The Morgan fingerprint density at radius 2 is 1.36 bits per heavy atom. The van der Waals surface area contributed by atoms with Gasteiger partial charge in [-0.1, -0.05) is 78.9 Å². The minimum absolute atomic E-state index is 0.0158. The summed E-state index contributed by atoms with van der Waals surface area (Å²) in [5, 5.41) is 0. The van der Waals surface area contributed by atoms with Gasteiger partial charge >= 0.3 is 5.97 Å². The zero-order valence-electron chi connectivity index (χ0n) is 17.6. The lowest BCUT2D eigenvalue weighted by Gasteiger charge is -2.06. The SMILES string of the molecule is CC(C)OC(=O)CCC/C=C/C/C=C/C/C=C/C/C=C/CCc1ccccc1. The number of unbranched alkanes of at least 4 members (excludes halogenated alkanes) is 1. The lowest BCUT2D eigenvalue weighted by molar-refractivity contribution is -0.147. The van der Waals surface area contributed by atoms with E-state index in [1.165, 1.54) is 5.56 Å². The number of carbonyl (C=O) groups excluding carboxylic acids is 1. The van der Waals surface area contributed by atoms with Crippen LogP contribution in [0.2, 0.25) is 0 Å². The van der Waals surface area contributed by atoms with E-state index in [2.05, 4.69) is 78.9 Å². The molecule has 0 atom stereocenters. The molecule has 0 saturated heterocycles. The summed E-state index contributed by atoms with van der Waals surface area (Å²) in [6.45, 7) is 3.76. The summed E-state index contributed by atoms with van der Waals surface area (Å²) in [4.78, 5) is 11.4. The molecule has 0 amide bonds. The highest BCUT2D eigenvalue weighted by Crippen LogP contribution is 2.04. The van der Waals surface area contributed by atoms with Gasteiger partial charge in [-0.2, -0.15) is 0 Å². The van der Waals surface area contributed by atoms with E-state index in [-0.39, 0.29) is 12.1 Å². The first-order chi connectivity index (χ1) is 13.7. The lowest BCUT2D eigenvalue weighted by Crippen LogP contribution is -2.10. The normalized spacial score (nSPS) is 12.2. The Kier molecular flexibility index (Phi) is 14.2. The molecule has 1 rings (SSSR count). The molecule has 0 N–H and O–H groups in total. The van der Waals surface area contributed by atoms with Gasteiger partial charge < -0.3 is 4.74 Å². The average Bonchev–Trinajstić information content (AvgIpc) is 2.68. The number of benzene rings is 1. The van der Waals surface area contributed by atoms with E-state index in [0.717, 1.165) is 44.9 Å². The van der Waals surface area contributed by atoms with Crippen LogP contribution in [-0.4, -0.2) is 12.1 Å². The van der Waals surface area contributed by atoms with E-state index in [1.807, 2.05) is 13.8 Å². The van der Waals surface area contributed by atoms with Crippen LogP contribution in [0.5, 0.6) is 0 Å². The van der Waals surface area contributed by atoms with E-state index in [0.29, 0.717) is 6.42 Å². The Morgan fingerprint density at radius 3 is 1.93 bits per heavy atom. The second-order valence-corrected chi connectivity index (χ2v) is 7.05. The van der Waals surface area contributed by atoms with Gasteiger partial charge in [0.05, 0.1) is 6.10 Å². The van der Waals surface area contributed by atoms with Gasteiger partial charge in [-0.05, 0) is 64.4 Å². The second kappa shape index (κ2) is 16.8. The number of hydrogen-bond acceptors (Lipinski definition) is 2. The maximum Gasteiger partial charge on any atom is 0.306 e.